The van der Waals surface area contributed by atoms with Crippen molar-refractivity contribution in [2.75, 3.05) is 6.61 Å². The summed E-state index contributed by atoms with van der Waals surface area (Å²) < 4.78 is 0. The number of benzene rings is 1. The highest BCUT2D eigenvalue weighted by Gasteiger charge is 1.94. The highest BCUT2D eigenvalue weighted by molar-refractivity contribution is 6.34. The highest BCUT2D eigenvalue weighted by atomic mass is 35.5. The molecule has 1 rings (SSSR count). The van der Waals surface area contributed by atoms with Gasteiger partial charge in [0.15, 0.2) is 0 Å². The Morgan fingerprint density at radius 2 is 1.79 bits per heavy atom. The minimum Gasteiger partial charge on any atom is -0.396 e. The van der Waals surface area contributed by atoms with Gasteiger partial charge in [0.25, 0.3) is 0 Å². The van der Waals surface area contributed by atoms with E-state index in [1.54, 1.807) is 6.07 Å². The predicted octanol–water partition coefficient (Wildman–Crippen LogP) is 3.78. The van der Waals surface area contributed by atoms with Gasteiger partial charge >= 0.3 is 0 Å². The molecule has 0 aliphatic heterocycles. The SMILES string of the molecule is OCCCC=Cc1cc(Cl)cc(Cl)c1. The maximum Gasteiger partial charge on any atom is 0.0433 e. The standard InChI is InChI=1S/C11H12Cl2O/c12-10-6-9(7-11(13)8-10)4-2-1-3-5-14/h2,4,6-8,14H,1,3,5H2. The van der Waals surface area contributed by atoms with Gasteiger partial charge in [0, 0.05) is 16.7 Å². The molecule has 3 heteroatoms. The largest absolute Gasteiger partial charge is 0.396 e. The zero-order chi connectivity index (χ0) is 10.4. The van der Waals surface area contributed by atoms with Gasteiger partial charge in [0.1, 0.15) is 0 Å². The summed E-state index contributed by atoms with van der Waals surface area (Å²) in [6, 6.07) is 5.40. The first-order chi connectivity index (χ1) is 6.72. The summed E-state index contributed by atoms with van der Waals surface area (Å²) in [6.07, 6.45) is 5.59. The number of unbranched alkanes of at least 4 members (excludes halogenated alkanes) is 1. The van der Waals surface area contributed by atoms with Crippen LogP contribution in [0.4, 0.5) is 0 Å². The van der Waals surface area contributed by atoms with E-state index in [2.05, 4.69) is 0 Å². The molecule has 0 fully saturated rings. The molecule has 0 saturated carbocycles. The first-order valence-corrected chi connectivity index (χ1v) is 5.21. The van der Waals surface area contributed by atoms with Gasteiger partial charge in [-0.25, -0.2) is 0 Å². The summed E-state index contributed by atoms with van der Waals surface area (Å²) in [5.41, 5.74) is 0.987. The summed E-state index contributed by atoms with van der Waals surface area (Å²) in [5.74, 6) is 0. The Hall–Kier alpha value is -0.500. The fourth-order valence-corrected chi connectivity index (χ4v) is 1.64. The molecule has 0 aromatic heterocycles. The smallest absolute Gasteiger partial charge is 0.0433 e. The topological polar surface area (TPSA) is 20.2 Å². The van der Waals surface area contributed by atoms with Crippen LogP contribution in [0.2, 0.25) is 10.0 Å². The third kappa shape index (κ3) is 4.14. The van der Waals surface area contributed by atoms with E-state index < -0.39 is 0 Å². The number of aliphatic hydroxyl groups is 1. The van der Waals surface area contributed by atoms with E-state index in [-0.39, 0.29) is 6.61 Å². The second-order valence-corrected chi connectivity index (χ2v) is 3.84. The van der Waals surface area contributed by atoms with Crippen molar-refractivity contribution in [3.05, 3.63) is 39.9 Å². The second kappa shape index (κ2) is 6.07. The lowest BCUT2D eigenvalue weighted by Crippen LogP contribution is -1.79. The Balaban J connectivity index is 2.62. The molecule has 1 aromatic rings. The summed E-state index contributed by atoms with van der Waals surface area (Å²) in [6.45, 7) is 0.223. The molecule has 0 saturated heterocycles. The third-order valence-electron chi connectivity index (χ3n) is 1.72. The van der Waals surface area contributed by atoms with Crippen molar-refractivity contribution in [2.24, 2.45) is 0 Å². The molecule has 1 nitrogen and oxygen atoms in total. The van der Waals surface area contributed by atoms with Crippen LogP contribution in [0.1, 0.15) is 18.4 Å². The van der Waals surface area contributed by atoms with Gasteiger partial charge in [-0.15, -0.1) is 0 Å². The van der Waals surface area contributed by atoms with E-state index in [9.17, 15) is 0 Å². The first kappa shape index (κ1) is 11.6. The zero-order valence-corrected chi connectivity index (χ0v) is 9.22. The quantitative estimate of drug-likeness (QED) is 0.782. The van der Waals surface area contributed by atoms with Crippen LogP contribution in [0.15, 0.2) is 24.3 Å². The second-order valence-electron chi connectivity index (χ2n) is 2.97. The summed E-state index contributed by atoms with van der Waals surface area (Å²) in [7, 11) is 0. The monoisotopic (exact) mass is 230 g/mol. The molecule has 1 N–H and O–H groups in total. The Bertz CT molecular complexity index is 301. The Morgan fingerprint density at radius 3 is 2.36 bits per heavy atom. The average molecular weight is 231 g/mol. The molecule has 0 bridgehead atoms. The van der Waals surface area contributed by atoms with Crippen molar-refractivity contribution in [1.29, 1.82) is 0 Å². The van der Waals surface area contributed by atoms with E-state index in [1.165, 1.54) is 0 Å². The number of allylic oxidation sites excluding steroid dienone is 1. The number of hydrogen-bond acceptors (Lipinski definition) is 1. The Labute approximate surface area is 94.0 Å². The molecule has 1 aromatic carbocycles. The maximum atomic E-state index is 8.58. The van der Waals surface area contributed by atoms with Gasteiger partial charge in [-0.2, -0.15) is 0 Å². The van der Waals surface area contributed by atoms with Crippen molar-refractivity contribution in [2.45, 2.75) is 12.8 Å². The molecule has 0 aliphatic carbocycles. The maximum absolute atomic E-state index is 8.58. The normalized spacial score (nSPS) is 11.1. The molecule has 0 heterocycles. The number of rotatable bonds is 4. The number of aliphatic hydroxyl groups excluding tert-OH is 1. The molecular weight excluding hydrogens is 219 g/mol. The van der Waals surface area contributed by atoms with Gasteiger partial charge in [0.2, 0.25) is 0 Å². The predicted molar refractivity (Wildman–Crippen MR) is 61.8 cm³/mol. The van der Waals surface area contributed by atoms with Crippen molar-refractivity contribution in [3.8, 4) is 0 Å². The van der Waals surface area contributed by atoms with E-state index in [1.807, 2.05) is 24.3 Å². The van der Waals surface area contributed by atoms with Gasteiger partial charge in [-0.3, -0.25) is 0 Å². The van der Waals surface area contributed by atoms with Gasteiger partial charge in [0.05, 0.1) is 0 Å². The molecule has 14 heavy (non-hydrogen) atoms. The van der Waals surface area contributed by atoms with Crippen molar-refractivity contribution >= 4 is 29.3 Å². The summed E-state index contributed by atoms with van der Waals surface area (Å²) >= 11 is 11.7. The molecule has 0 aliphatic rings. The van der Waals surface area contributed by atoms with Crippen LogP contribution in [-0.4, -0.2) is 11.7 Å². The fourth-order valence-electron chi connectivity index (χ4n) is 1.10. The van der Waals surface area contributed by atoms with Crippen LogP contribution in [0.25, 0.3) is 6.08 Å². The molecule has 76 valence electrons. The van der Waals surface area contributed by atoms with Crippen LogP contribution >= 0.6 is 23.2 Å². The molecule has 0 amide bonds. The van der Waals surface area contributed by atoms with Crippen molar-refractivity contribution < 1.29 is 5.11 Å². The minimum atomic E-state index is 0.223. The highest BCUT2D eigenvalue weighted by Crippen LogP contribution is 2.19. The lowest BCUT2D eigenvalue weighted by molar-refractivity contribution is 0.290. The van der Waals surface area contributed by atoms with Crippen molar-refractivity contribution in [1.82, 2.24) is 0 Å². The van der Waals surface area contributed by atoms with Crippen LogP contribution < -0.4 is 0 Å². The Morgan fingerprint density at radius 1 is 1.14 bits per heavy atom. The molecule has 0 atom stereocenters. The number of halogens is 2. The van der Waals surface area contributed by atoms with E-state index in [0.29, 0.717) is 10.0 Å². The lowest BCUT2D eigenvalue weighted by Gasteiger charge is -1.96. The van der Waals surface area contributed by atoms with E-state index >= 15 is 0 Å². The summed E-state index contributed by atoms with van der Waals surface area (Å²) in [5, 5.41) is 9.85. The minimum absolute atomic E-state index is 0.223. The third-order valence-corrected chi connectivity index (χ3v) is 2.16. The van der Waals surface area contributed by atoms with Gasteiger partial charge in [-0.05, 0) is 36.6 Å². The Kier molecular flexibility index (Phi) is 5.02. The molecule has 0 radical (unpaired) electrons. The van der Waals surface area contributed by atoms with Crippen LogP contribution in [-0.2, 0) is 0 Å². The average Bonchev–Trinajstić information content (AvgIpc) is 2.11. The summed E-state index contributed by atoms with van der Waals surface area (Å²) in [4.78, 5) is 0. The van der Waals surface area contributed by atoms with Gasteiger partial charge < -0.3 is 5.11 Å². The number of hydrogen-bond donors (Lipinski definition) is 1. The van der Waals surface area contributed by atoms with E-state index in [0.717, 1.165) is 18.4 Å². The van der Waals surface area contributed by atoms with Crippen LogP contribution in [0, 0.1) is 0 Å². The molecule has 0 spiro atoms. The van der Waals surface area contributed by atoms with Crippen LogP contribution in [0.3, 0.4) is 0 Å². The fraction of sp³-hybridized carbons (Fsp3) is 0.273. The first-order valence-electron chi connectivity index (χ1n) is 4.46. The van der Waals surface area contributed by atoms with Gasteiger partial charge in [-0.1, -0.05) is 35.4 Å². The zero-order valence-electron chi connectivity index (χ0n) is 7.71. The van der Waals surface area contributed by atoms with Crippen molar-refractivity contribution in [3.63, 3.8) is 0 Å². The lowest BCUT2D eigenvalue weighted by atomic mass is 10.2. The van der Waals surface area contributed by atoms with E-state index in [4.69, 9.17) is 28.3 Å². The molecule has 0 unspecified atom stereocenters. The van der Waals surface area contributed by atoms with Crippen LogP contribution in [0.5, 0.6) is 0 Å². The molecular formula is C11H12Cl2O.